The van der Waals surface area contributed by atoms with Gasteiger partial charge in [0.2, 0.25) is 5.75 Å². The fourth-order valence-corrected chi connectivity index (χ4v) is 3.02. The molecule has 0 unspecified atom stereocenters. The number of carbonyl (C=O) groups excluding carboxylic acids is 1. The van der Waals surface area contributed by atoms with E-state index in [1.54, 1.807) is 6.92 Å². The summed E-state index contributed by atoms with van der Waals surface area (Å²) in [5.41, 5.74) is -0.562. The van der Waals surface area contributed by atoms with Crippen molar-refractivity contribution in [2.75, 3.05) is 7.11 Å². The number of phenols is 2. The summed E-state index contributed by atoms with van der Waals surface area (Å²) < 4.78 is 10.3. The van der Waals surface area contributed by atoms with E-state index in [1.165, 1.54) is 19.3 Å². The summed E-state index contributed by atoms with van der Waals surface area (Å²) in [4.78, 5) is 12.2. The minimum absolute atomic E-state index is 0.00480. The van der Waals surface area contributed by atoms with Gasteiger partial charge in [0.15, 0.2) is 11.5 Å². The zero-order chi connectivity index (χ0) is 16.2. The summed E-state index contributed by atoms with van der Waals surface area (Å²) in [6.07, 6.45) is -0.768. The van der Waals surface area contributed by atoms with Gasteiger partial charge in [-0.05, 0) is 19.1 Å². The highest BCUT2D eigenvalue weighted by Gasteiger charge is 2.48. The molecule has 3 rings (SSSR count). The van der Waals surface area contributed by atoms with Crippen molar-refractivity contribution < 1.29 is 34.7 Å². The van der Waals surface area contributed by atoms with Crippen LogP contribution in [0.4, 0.5) is 0 Å². The molecule has 0 radical (unpaired) electrons. The van der Waals surface area contributed by atoms with E-state index in [9.17, 15) is 25.2 Å². The summed E-state index contributed by atoms with van der Waals surface area (Å²) in [5.74, 6) is -2.01. The normalized spacial score (nSPS) is 30.0. The number of carbonyl (C=O) groups is 1. The van der Waals surface area contributed by atoms with E-state index in [4.69, 9.17) is 9.47 Å². The molecule has 3 atom stereocenters. The van der Waals surface area contributed by atoms with Gasteiger partial charge in [0, 0.05) is 17.6 Å². The van der Waals surface area contributed by atoms with Crippen molar-refractivity contribution in [2.45, 2.75) is 31.2 Å². The van der Waals surface area contributed by atoms with Crippen molar-refractivity contribution in [2.24, 2.45) is 0 Å². The van der Waals surface area contributed by atoms with Gasteiger partial charge in [-0.15, -0.1) is 0 Å². The monoisotopic (exact) mass is 308 g/mol. The van der Waals surface area contributed by atoms with Gasteiger partial charge >= 0.3 is 5.97 Å². The molecule has 1 aromatic rings. The molecule has 118 valence electrons. The number of ether oxygens (including phenoxy) is 2. The van der Waals surface area contributed by atoms with Crippen LogP contribution in [0.15, 0.2) is 12.1 Å². The SMILES string of the molecule is COc1cc2c(c(O)c1O)C(=O)O[C@@]1(C)C[C@@H](O)[C@H](O)C=C21. The molecule has 4 N–H and O–H groups in total. The first-order valence-electron chi connectivity index (χ1n) is 6.73. The fraction of sp³-hybridized carbons (Fsp3) is 0.400. The topological polar surface area (TPSA) is 116 Å². The molecule has 2 aliphatic rings. The number of phenolic OH excluding ortho intramolecular Hbond substituents is 2. The zero-order valence-corrected chi connectivity index (χ0v) is 12.0. The summed E-state index contributed by atoms with van der Waals surface area (Å²) >= 11 is 0. The average molecular weight is 308 g/mol. The maximum atomic E-state index is 12.2. The predicted molar refractivity (Wildman–Crippen MR) is 74.8 cm³/mol. The minimum Gasteiger partial charge on any atom is -0.504 e. The Balaban J connectivity index is 2.30. The molecule has 0 aromatic heterocycles. The molecule has 0 saturated heterocycles. The van der Waals surface area contributed by atoms with Gasteiger partial charge in [-0.2, -0.15) is 0 Å². The molecular weight excluding hydrogens is 292 g/mol. The van der Waals surface area contributed by atoms with E-state index in [1.807, 2.05) is 0 Å². The van der Waals surface area contributed by atoms with Crippen LogP contribution < -0.4 is 4.74 Å². The number of aromatic hydroxyl groups is 2. The third-order valence-corrected chi connectivity index (χ3v) is 4.17. The predicted octanol–water partition coefficient (Wildman–Crippen LogP) is 0.544. The first-order chi connectivity index (χ1) is 10.3. The molecule has 1 aliphatic carbocycles. The summed E-state index contributed by atoms with van der Waals surface area (Å²) in [5, 5.41) is 39.6. The number of aliphatic hydroxyl groups excluding tert-OH is 2. The third-order valence-electron chi connectivity index (χ3n) is 4.17. The van der Waals surface area contributed by atoms with E-state index < -0.39 is 35.3 Å². The quantitative estimate of drug-likeness (QED) is 0.442. The first-order valence-corrected chi connectivity index (χ1v) is 6.73. The van der Waals surface area contributed by atoms with Gasteiger partial charge in [0.25, 0.3) is 0 Å². The van der Waals surface area contributed by atoms with Crippen LogP contribution in [0.25, 0.3) is 5.57 Å². The number of fused-ring (bicyclic) bond motifs is 3. The maximum absolute atomic E-state index is 12.2. The van der Waals surface area contributed by atoms with E-state index in [0.29, 0.717) is 11.1 Å². The smallest absolute Gasteiger partial charge is 0.343 e. The molecular formula is C15H16O7. The second-order valence-electron chi connectivity index (χ2n) is 5.66. The Kier molecular flexibility index (Phi) is 3.08. The van der Waals surface area contributed by atoms with Crippen LogP contribution in [0, 0.1) is 0 Å². The van der Waals surface area contributed by atoms with Crippen molar-refractivity contribution in [1.82, 2.24) is 0 Å². The second-order valence-corrected chi connectivity index (χ2v) is 5.66. The van der Waals surface area contributed by atoms with Gasteiger partial charge in [0.1, 0.15) is 11.2 Å². The van der Waals surface area contributed by atoms with Crippen molar-refractivity contribution in [3.05, 3.63) is 23.3 Å². The Labute approximate surface area is 126 Å². The summed E-state index contributed by atoms with van der Waals surface area (Å²) in [6, 6.07) is 1.40. The van der Waals surface area contributed by atoms with Gasteiger partial charge in [-0.3, -0.25) is 0 Å². The van der Waals surface area contributed by atoms with Crippen LogP contribution in [-0.4, -0.2) is 51.3 Å². The number of esters is 1. The molecule has 1 aliphatic heterocycles. The van der Waals surface area contributed by atoms with Crippen LogP contribution in [-0.2, 0) is 4.74 Å². The van der Waals surface area contributed by atoms with Crippen molar-refractivity contribution >= 4 is 11.5 Å². The van der Waals surface area contributed by atoms with Gasteiger partial charge in [-0.1, -0.05) is 0 Å². The molecule has 7 nitrogen and oxygen atoms in total. The van der Waals surface area contributed by atoms with E-state index in [0.717, 1.165) is 0 Å². The zero-order valence-electron chi connectivity index (χ0n) is 12.0. The lowest BCUT2D eigenvalue weighted by molar-refractivity contribution is -0.0387. The number of hydrogen-bond acceptors (Lipinski definition) is 7. The molecule has 7 heteroatoms. The van der Waals surface area contributed by atoms with Crippen LogP contribution in [0.3, 0.4) is 0 Å². The molecule has 0 spiro atoms. The van der Waals surface area contributed by atoms with Crippen LogP contribution >= 0.6 is 0 Å². The largest absolute Gasteiger partial charge is 0.504 e. The lowest BCUT2D eigenvalue weighted by Crippen LogP contribution is -2.47. The highest BCUT2D eigenvalue weighted by atomic mass is 16.6. The molecule has 1 heterocycles. The molecule has 0 amide bonds. The summed E-state index contributed by atoms with van der Waals surface area (Å²) in [7, 11) is 1.31. The molecule has 22 heavy (non-hydrogen) atoms. The Morgan fingerprint density at radius 3 is 2.64 bits per heavy atom. The lowest BCUT2D eigenvalue weighted by atomic mass is 9.75. The Morgan fingerprint density at radius 2 is 2.00 bits per heavy atom. The van der Waals surface area contributed by atoms with Crippen LogP contribution in [0.5, 0.6) is 17.2 Å². The van der Waals surface area contributed by atoms with Crippen LogP contribution in [0.1, 0.15) is 29.3 Å². The number of rotatable bonds is 1. The number of aliphatic hydroxyl groups is 2. The minimum atomic E-state index is -1.13. The highest BCUT2D eigenvalue weighted by molar-refractivity contribution is 6.04. The standard InChI is InChI=1S/C15H16O7/c1-15-5-9(17)8(16)4-7(15)6-3-10(21-2)12(18)13(19)11(6)14(20)22-15/h3-4,8-9,16-19H,5H2,1-2H3/t8-,9-,15+/m1/s1. The summed E-state index contributed by atoms with van der Waals surface area (Å²) in [6.45, 7) is 1.62. The van der Waals surface area contributed by atoms with Gasteiger partial charge < -0.3 is 29.9 Å². The molecule has 0 bridgehead atoms. The van der Waals surface area contributed by atoms with Gasteiger partial charge in [0.05, 0.1) is 19.3 Å². The van der Waals surface area contributed by atoms with Crippen molar-refractivity contribution in [3.8, 4) is 17.2 Å². The Morgan fingerprint density at radius 1 is 1.32 bits per heavy atom. The Bertz CT molecular complexity index is 694. The number of hydrogen-bond donors (Lipinski definition) is 4. The van der Waals surface area contributed by atoms with E-state index >= 15 is 0 Å². The van der Waals surface area contributed by atoms with Gasteiger partial charge in [-0.25, -0.2) is 4.79 Å². The van der Waals surface area contributed by atoms with Crippen molar-refractivity contribution in [3.63, 3.8) is 0 Å². The Hall–Kier alpha value is -2.25. The molecule has 0 saturated carbocycles. The highest BCUT2D eigenvalue weighted by Crippen LogP contribution is 2.50. The third kappa shape index (κ3) is 1.86. The molecule has 0 fully saturated rings. The lowest BCUT2D eigenvalue weighted by Gasteiger charge is -2.42. The van der Waals surface area contributed by atoms with Crippen LogP contribution in [0.2, 0.25) is 0 Å². The number of benzene rings is 1. The fourth-order valence-electron chi connectivity index (χ4n) is 3.02. The van der Waals surface area contributed by atoms with E-state index in [2.05, 4.69) is 0 Å². The number of methoxy groups -OCH3 is 1. The second kappa shape index (κ2) is 4.62. The maximum Gasteiger partial charge on any atom is 0.343 e. The van der Waals surface area contributed by atoms with Crippen molar-refractivity contribution in [1.29, 1.82) is 0 Å². The average Bonchev–Trinajstić information content (AvgIpc) is 2.44. The molecule has 1 aromatic carbocycles. The first kappa shape index (κ1) is 14.7. The van der Waals surface area contributed by atoms with E-state index in [-0.39, 0.29) is 17.7 Å².